The lowest BCUT2D eigenvalue weighted by Gasteiger charge is -2.08. The van der Waals surface area contributed by atoms with E-state index < -0.39 is 37.9 Å². The minimum absolute atomic E-state index is 0.0361. The third-order valence-electron chi connectivity index (χ3n) is 2.36. The summed E-state index contributed by atoms with van der Waals surface area (Å²) >= 11 is 0.444. The van der Waals surface area contributed by atoms with E-state index in [9.17, 15) is 33.4 Å². The molecule has 0 fully saturated rings. The van der Waals surface area contributed by atoms with E-state index in [0.717, 1.165) is 6.33 Å². The van der Waals surface area contributed by atoms with Crippen molar-refractivity contribution in [2.24, 2.45) is 0 Å². The summed E-state index contributed by atoms with van der Waals surface area (Å²) in [5, 5.41) is 27.6. The lowest BCUT2D eigenvalue weighted by atomic mass is 10.1. The molecule has 0 atom stereocenters. The first-order valence-electron chi connectivity index (χ1n) is 5.27. The molecule has 0 bridgehead atoms. The summed E-state index contributed by atoms with van der Waals surface area (Å²) in [6.07, 6.45) is -3.91. The van der Waals surface area contributed by atoms with E-state index in [4.69, 9.17) is 0 Å². The van der Waals surface area contributed by atoms with Crippen LogP contribution in [0.15, 0.2) is 28.5 Å². The number of nitro groups is 2. The maximum atomic E-state index is 12.7. The highest BCUT2D eigenvalue weighted by atomic mass is 32.2. The molecule has 1 N–H and O–H groups in total. The van der Waals surface area contributed by atoms with E-state index in [1.165, 1.54) is 0 Å². The Bertz CT molecular complexity index is 698. The first-order valence-corrected chi connectivity index (χ1v) is 6.09. The van der Waals surface area contributed by atoms with Gasteiger partial charge in [-0.15, -0.1) is 0 Å². The molecular formula is C9H4F3N5O4S. The maximum absolute atomic E-state index is 12.7. The zero-order valence-corrected chi connectivity index (χ0v) is 11.0. The van der Waals surface area contributed by atoms with Crippen LogP contribution >= 0.6 is 11.8 Å². The van der Waals surface area contributed by atoms with Crippen LogP contribution in [0.25, 0.3) is 0 Å². The average Bonchev–Trinajstić information content (AvgIpc) is 2.89. The second kappa shape index (κ2) is 5.59. The Balaban J connectivity index is 2.68. The molecule has 0 aliphatic rings. The molecule has 0 aliphatic carbocycles. The summed E-state index contributed by atoms with van der Waals surface area (Å²) in [4.78, 5) is 22.7. The molecule has 0 spiro atoms. The van der Waals surface area contributed by atoms with Crippen LogP contribution in [0.5, 0.6) is 0 Å². The van der Waals surface area contributed by atoms with E-state index in [1.807, 2.05) is 0 Å². The van der Waals surface area contributed by atoms with Crippen molar-refractivity contribution >= 4 is 23.1 Å². The van der Waals surface area contributed by atoms with Crippen molar-refractivity contribution in [1.82, 2.24) is 15.2 Å². The third kappa shape index (κ3) is 3.13. The Morgan fingerprint density at radius 1 is 1.14 bits per heavy atom. The molecule has 22 heavy (non-hydrogen) atoms. The molecule has 2 rings (SSSR count). The minimum Gasteiger partial charge on any atom is -0.258 e. The van der Waals surface area contributed by atoms with Crippen molar-refractivity contribution in [3.63, 3.8) is 0 Å². The number of alkyl halides is 3. The molecule has 0 saturated heterocycles. The van der Waals surface area contributed by atoms with Gasteiger partial charge in [-0.1, -0.05) is 0 Å². The molecule has 1 aromatic heterocycles. The number of nitro benzene ring substituents is 2. The van der Waals surface area contributed by atoms with Crippen LogP contribution in [0.1, 0.15) is 5.56 Å². The lowest BCUT2D eigenvalue weighted by Crippen LogP contribution is -2.08. The molecule has 0 amide bonds. The quantitative estimate of drug-likeness (QED) is 0.672. The zero-order chi connectivity index (χ0) is 16.5. The molecule has 1 heterocycles. The molecule has 9 nitrogen and oxygen atoms in total. The smallest absolute Gasteiger partial charge is 0.258 e. The first-order chi connectivity index (χ1) is 10.2. The number of hydrogen-bond donors (Lipinski definition) is 1. The number of nitrogens with zero attached hydrogens (tertiary/aromatic N) is 4. The van der Waals surface area contributed by atoms with Crippen molar-refractivity contribution < 1.29 is 23.0 Å². The van der Waals surface area contributed by atoms with Gasteiger partial charge in [0.15, 0.2) is 10.1 Å². The van der Waals surface area contributed by atoms with E-state index >= 15 is 0 Å². The van der Waals surface area contributed by atoms with Gasteiger partial charge in [-0.05, 0) is 11.8 Å². The highest BCUT2D eigenvalue weighted by Gasteiger charge is 2.38. The van der Waals surface area contributed by atoms with Crippen LogP contribution in [-0.4, -0.2) is 25.0 Å². The molecule has 0 saturated carbocycles. The molecule has 0 unspecified atom stereocenters. The molecule has 2 aromatic rings. The van der Waals surface area contributed by atoms with Crippen molar-refractivity contribution in [3.8, 4) is 0 Å². The number of aromatic nitrogens is 3. The second-order valence-corrected chi connectivity index (χ2v) is 4.75. The number of rotatable bonds is 4. The summed E-state index contributed by atoms with van der Waals surface area (Å²) < 4.78 is 38.1. The SMILES string of the molecule is O=[N+]([O-])c1cc(C(F)(F)F)cc([N+](=O)[O-])c1Sc1ncn[nH]1. The van der Waals surface area contributed by atoms with Crippen LogP contribution in [0, 0.1) is 20.2 Å². The average molecular weight is 335 g/mol. The maximum Gasteiger partial charge on any atom is 0.416 e. The summed E-state index contributed by atoms with van der Waals surface area (Å²) in [5.41, 5.74) is -3.56. The van der Waals surface area contributed by atoms with E-state index in [1.54, 1.807) is 0 Å². The van der Waals surface area contributed by atoms with E-state index in [-0.39, 0.29) is 17.3 Å². The van der Waals surface area contributed by atoms with Gasteiger partial charge in [0, 0.05) is 12.1 Å². The number of hydrogen-bond acceptors (Lipinski definition) is 7. The monoisotopic (exact) mass is 335 g/mol. The van der Waals surface area contributed by atoms with Gasteiger partial charge in [0.2, 0.25) is 0 Å². The fraction of sp³-hybridized carbons (Fsp3) is 0.111. The Hall–Kier alpha value is -2.70. The van der Waals surface area contributed by atoms with E-state index in [2.05, 4.69) is 15.2 Å². The van der Waals surface area contributed by atoms with Gasteiger partial charge < -0.3 is 0 Å². The van der Waals surface area contributed by atoms with Crippen LogP contribution in [0.2, 0.25) is 0 Å². The summed E-state index contributed by atoms with van der Waals surface area (Å²) in [6, 6.07) is 0.484. The predicted molar refractivity (Wildman–Crippen MR) is 65.3 cm³/mol. The van der Waals surface area contributed by atoms with Gasteiger partial charge in [0.05, 0.1) is 15.4 Å². The van der Waals surface area contributed by atoms with Gasteiger partial charge in [-0.2, -0.15) is 18.3 Å². The lowest BCUT2D eigenvalue weighted by molar-refractivity contribution is -0.400. The molecule has 13 heteroatoms. The number of H-pyrrole nitrogens is 1. The number of nitrogens with one attached hydrogen (secondary N) is 1. The van der Waals surface area contributed by atoms with Gasteiger partial charge in [0.25, 0.3) is 11.4 Å². The van der Waals surface area contributed by atoms with Crippen molar-refractivity contribution in [2.45, 2.75) is 16.2 Å². The Morgan fingerprint density at radius 2 is 1.68 bits per heavy atom. The Kier molecular flexibility index (Phi) is 3.99. The highest BCUT2D eigenvalue weighted by Crippen LogP contribution is 2.44. The van der Waals surface area contributed by atoms with Crippen LogP contribution in [-0.2, 0) is 6.18 Å². The predicted octanol–water partition coefficient (Wildman–Crippen LogP) is 2.79. The second-order valence-electron chi connectivity index (χ2n) is 3.75. The van der Waals surface area contributed by atoms with E-state index in [0.29, 0.717) is 11.8 Å². The first kappa shape index (κ1) is 15.7. The summed E-state index contributed by atoms with van der Waals surface area (Å²) in [7, 11) is 0. The molecular weight excluding hydrogens is 331 g/mol. The Morgan fingerprint density at radius 3 is 2.05 bits per heavy atom. The fourth-order valence-corrected chi connectivity index (χ4v) is 2.35. The normalized spacial score (nSPS) is 11.4. The van der Waals surface area contributed by atoms with Crippen LogP contribution in [0.3, 0.4) is 0 Å². The number of aromatic amines is 1. The molecule has 0 radical (unpaired) electrons. The van der Waals surface area contributed by atoms with Crippen molar-refractivity contribution in [2.75, 3.05) is 0 Å². The zero-order valence-electron chi connectivity index (χ0n) is 10.2. The fourth-order valence-electron chi connectivity index (χ4n) is 1.48. The van der Waals surface area contributed by atoms with Crippen LogP contribution < -0.4 is 0 Å². The van der Waals surface area contributed by atoms with Gasteiger partial charge in [0.1, 0.15) is 6.33 Å². The Labute approximate surface area is 122 Å². The van der Waals surface area contributed by atoms with Crippen molar-refractivity contribution in [3.05, 3.63) is 44.3 Å². The largest absolute Gasteiger partial charge is 0.416 e. The third-order valence-corrected chi connectivity index (χ3v) is 3.37. The number of benzene rings is 1. The molecule has 1 aromatic carbocycles. The standard InChI is InChI=1S/C9H4F3N5O4S/c10-9(11,12)4-1-5(16(18)19)7(6(2-4)17(20)21)22-8-13-3-14-15-8/h1-3H,(H,13,14,15). The summed E-state index contributed by atoms with van der Waals surface area (Å²) in [5.74, 6) is 0. The van der Waals surface area contributed by atoms with Gasteiger partial charge in [-0.3, -0.25) is 25.3 Å². The van der Waals surface area contributed by atoms with Crippen LogP contribution in [0.4, 0.5) is 24.5 Å². The van der Waals surface area contributed by atoms with Gasteiger partial charge >= 0.3 is 6.18 Å². The highest BCUT2D eigenvalue weighted by molar-refractivity contribution is 7.99. The van der Waals surface area contributed by atoms with Gasteiger partial charge in [-0.25, -0.2) is 4.98 Å². The topological polar surface area (TPSA) is 128 Å². The van der Waals surface area contributed by atoms with Crippen molar-refractivity contribution in [1.29, 1.82) is 0 Å². The number of halogens is 3. The summed E-state index contributed by atoms with van der Waals surface area (Å²) in [6.45, 7) is 0. The minimum atomic E-state index is -4.95. The molecule has 116 valence electrons. The molecule has 0 aliphatic heterocycles.